The summed E-state index contributed by atoms with van der Waals surface area (Å²) in [5.41, 5.74) is 3.58. The first kappa shape index (κ1) is 15.8. The molecule has 132 valence electrons. The molecule has 0 radical (unpaired) electrons. The summed E-state index contributed by atoms with van der Waals surface area (Å²) in [6.07, 6.45) is 0. The first-order chi connectivity index (χ1) is 13.1. The Morgan fingerprint density at radius 3 is 2.33 bits per heavy atom. The van der Waals surface area contributed by atoms with E-state index in [0.29, 0.717) is 0 Å². The van der Waals surface area contributed by atoms with E-state index in [9.17, 15) is 0 Å². The fraction of sp³-hybridized carbons (Fsp3) is 0.130. The van der Waals surface area contributed by atoms with Crippen LogP contribution in [0.25, 0.3) is 44.1 Å². The number of fused-ring (bicyclic) bond motifs is 5. The van der Waals surface area contributed by atoms with Crippen LogP contribution >= 0.6 is 0 Å². The first-order valence-electron chi connectivity index (χ1n) is 8.94. The minimum Gasteiger partial charge on any atom is -0.453 e. The third-order valence-corrected chi connectivity index (χ3v) is 5.07. The number of nitrogens with zero attached hydrogens (tertiary/aromatic N) is 3. The third kappa shape index (κ3) is 2.45. The van der Waals surface area contributed by atoms with Crippen LogP contribution in [0.2, 0.25) is 0 Å². The molecular formula is C23H19N3O. The molecule has 0 unspecified atom stereocenters. The molecule has 0 spiro atoms. The molecule has 4 nitrogen and oxygen atoms in total. The van der Waals surface area contributed by atoms with Crippen molar-refractivity contribution in [1.82, 2.24) is 4.98 Å². The number of benzene rings is 4. The molecule has 0 bridgehead atoms. The van der Waals surface area contributed by atoms with Crippen molar-refractivity contribution in [2.75, 3.05) is 26.0 Å². The normalized spacial score (nSPS) is 12.5. The van der Waals surface area contributed by atoms with Crippen molar-refractivity contribution in [2.45, 2.75) is 0 Å². The Hall–Kier alpha value is -3.40. The number of anilines is 1. The average Bonchev–Trinajstić information content (AvgIpc) is 2.70. The van der Waals surface area contributed by atoms with Crippen molar-refractivity contribution >= 4 is 38.3 Å². The predicted octanol–water partition coefficient (Wildman–Crippen LogP) is 4.84. The predicted molar refractivity (Wildman–Crippen MR) is 111 cm³/mol. The lowest BCUT2D eigenvalue weighted by Gasteiger charge is -2.14. The van der Waals surface area contributed by atoms with Gasteiger partial charge in [0.05, 0.1) is 5.36 Å². The van der Waals surface area contributed by atoms with Crippen LogP contribution in [-0.4, -0.2) is 26.1 Å². The van der Waals surface area contributed by atoms with Gasteiger partial charge in [-0.2, -0.15) is 0 Å². The number of hydrogen-bond donors (Lipinski definition) is 0. The van der Waals surface area contributed by atoms with E-state index in [4.69, 9.17) is 9.40 Å². The van der Waals surface area contributed by atoms with E-state index in [1.165, 1.54) is 10.8 Å². The molecule has 4 heteroatoms. The number of aromatic nitrogens is 1. The molecule has 1 aliphatic carbocycles. The molecule has 5 rings (SSSR count). The number of hydrogen-bond acceptors (Lipinski definition) is 4. The van der Waals surface area contributed by atoms with Crippen molar-refractivity contribution in [3.63, 3.8) is 0 Å². The SMILES string of the molecule is CN=c1cc2oc3cc(N(C)C)ccc3nc-2c2cc3ccccc3cc12. The second-order valence-corrected chi connectivity index (χ2v) is 6.97. The van der Waals surface area contributed by atoms with Crippen molar-refractivity contribution < 1.29 is 4.42 Å². The Bertz CT molecular complexity index is 1370. The smallest absolute Gasteiger partial charge is 0.155 e. The fourth-order valence-corrected chi connectivity index (χ4v) is 3.62. The van der Waals surface area contributed by atoms with E-state index in [2.05, 4.69) is 52.4 Å². The Kier molecular flexibility index (Phi) is 3.41. The average molecular weight is 353 g/mol. The molecular weight excluding hydrogens is 334 g/mol. The highest BCUT2D eigenvalue weighted by molar-refractivity contribution is 6.04. The highest BCUT2D eigenvalue weighted by atomic mass is 16.3. The van der Waals surface area contributed by atoms with Crippen LogP contribution in [0.4, 0.5) is 5.69 Å². The van der Waals surface area contributed by atoms with Crippen molar-refractivity contribution in [1.29, 1.82) is 0 Å². The molecule has 0 saturated carbocycles. The molecule has 3 aromatic rings. The van der Waals surface area contributed by atoms with E-state index >= 15 is 0 Å². The summed E-state index contributed by atoms with van der Waals surface area (Å²) in [6, 6.07) is 20.8. The van der Waals surface area contributed by atoms with E-state index in [1.54, 1.807) is 0 Å². The molecule has 1 aliphatic heterocycles. The zero-order chi connectivity index (χ0) is 18.5. The van der Waals surface area contributed by atoms with Crippen molar-refractivity contribution in [3.05, 3.63) is 66.0 Å². The first-order valence-corrected chi connectivity index (χ1v) is 8.94. The summed E-state index contributed by atoms with van der Waals surface area (Å²) in [4.78, 5) is 11.5. The largest absolute Gasteiger partial charge is 0.453 e. The Labute approximate surface area is 156 Å². The van der Waals surface area contributed by atoms with E-state index in [1.807, 2.05) is 39.3 Å². The van der Waals surface area contributed by atoms with Crippen LogP contribution in [0.1, 0.15) is 0 Å². The van der Waals surface area contributed by atoms with Crippen LogP contribution in [0.15, 0.2) is 70.1 Å². The maximum Gasteiger partial charge on any atom is 0.155 e. The van der Waals surface area contributed by atoms with Crippen LogP contribution in [-0.2, 0) is 0 Å². The van der Waals surface area contributed by atoms with Crippen molar-refractivity contribution in [2.24, 2.45) is 4.99 Å². The van der Waals surface area contributed by atoms with Crippen LogP contribution < -0.4 is 10.3 Å². The van der Waals surface area contributed by atoms with Crippen molar-refractivity contribution in [3.8, 4) is 11.5 Å². The molecule has 0 N–H and O–H groups in total. The van der Waals surface area contributed by atoms with Gasteiger partial charge in [0.1, 0.15) is 11.2 Å². The topological polar surface area (TPSA) is 41.6 Å². The Morgan fingerprint density at radius 2 is 1.63 bits per heavy atom. The standard InChI is InChI=1S/C23H19N3O/c1-24-20-13-22-23(18-11-15-7-5-4-6-14(15)10-17(18)20)25-19-9-8-16(26(2)3)12-21(19)27-22/h4-13H,1-3H3. The van der Waals surface area contributed by atoms with Gasteiger partial charge in [-0.05, 0) is 35.0 Å². The summed E-state index contributed by atoms with van der Waals surface area (Å²) in [7, 11) is 5.85. The molecule has 0 saturated heterocycles. The monoisotopic (exact) mass is 353 g/mol. The number of rotatable bonds is 1. The molecule has 1 heterocycles. The minimum absolute atomic E-state index is 0.752. The van der Waals surface area contributed by atoms with Gasteiger partial charge in [-0.3, -0.25) is 4.99 Å². The maximum atomic E-state index is 6.25. The van der Waals surface area contributed by atoms with E-state index < -0.39 is 0 Å². The van der Waals surface area contributed by atoms with Gasteiger partial charge in [-0.1, -0.05) is 24.3 Å². The van der Waals surface area contributed by atoms with Gasteiger partial charge in [-0.15, -0.1) is 0 Å². The molecule has 27 heavy (non-hydrogen) atoms. The lowest BCUT2D eigenvalue weighted by atomic mass is 9.99. The minimum atomic E-state index is 0.752. The summed E-state index contributed by atoms with van der Waals surface area (Å²) in [5.74, 6) is 0.752. The lowest BCUT2D eigenvalue weighted by Crippen LogP contribution is -2.08. The molecule has 0 amide bonds. The molecule has 3 aromatic carbocycles. The third-order valence-electron chi connectivity index (χ3n) is 5.07. The second kappa shape index (κ2) is 5.81. The highest BCUT2D eigenvalue weighted by Gasteiger charge is 2.16. The summed E-state index contributed by atoms with van der Waals surface area (Å²) < 4.78 is 6.25. The zero-order valence-corrected chi connectivity index (χ0v) is 15.5. The van der Waals surface area contributed by atoms with Crippen LogP contribution in [0.3, 0.4) is 0 Å². The van der Waals surface area contributed by atoms with Gasteiger partial charge in [0.15, 0.2) is 11.3 Å². The van der Waals surface area contributed by atoms with E-state index in [0.717, 1.165) is 44.4 Å². The quantitative estimate of drug-likeness (QED) is 0.320. The summed E-state index contributed by atoms with van der Waals surface area (Å²) in [5, 5.41) is 5.45. The van der Waals surface area contributed by atoms with Gasteiger partial charge in [-0.25, -0.2) is 4.98 Å². The maximum absolute atomic E-state index is 6.25. The highest BCUT2D eigenvalue weighted by Crippen LogP contribution is 2.33. The Balaban J connectivity index is 1.94. The summed E-state index contributed by atoms with van der Waals surface area (Å²) >= 11 is 0. The van der Waals surface area contributed by atoms with E-state index in [-0.39, 0.29) is 0 Å². The lowest BCUT2D eigenvalue weighted by molar-refractivity contribution is 0.613. The van der Waals surface area contributed by atoms with Gasteiger partial charge in [0.2, 0.25) is 0 Å². The van der Waals surface area contributed by atoms with Gasteiger partial charge in [0.25, 0.3) is 0 Å². The molecule has 0 fully saturated rings. The van der Waals surface area contributed by atoms with Gasteiger partial charge >= 0.3 is 0 Å². The molecule has 2 aliphatic rings. The van der Waals surface area contributed by atoms with Gasteiger partial charge in [0, 0.05) is 49.7 Å². The fourth-order valence-electron chi connectivity index (χ4n) is 3.62. The van der Waals surface area contributed by atoms with Gasteiger partial charge < -0.3 is 9.32 Å². The van der Waals surface area contributed by atoms with Crippen LogP contribution in [0, 0.1) is 0 Å². The summed E-state index contributed by atoms with van der Waals surface area (Å²) in [6.45, 7) is 0. The molecule has 0 atom stereocenters. The van der Waals surface area contributed by atoms with Crippen LogP contribution in [0.5, 0.6) is 0 Å². The Morgan fingerprint density at radius 1 is 0.889 bits per heavy atom. The zero-order valence-electron chi connectivity index (χ0n) is 15.5. The molecule has 0 aromatic heterocycles. The second-order valence-electron chi connectivity index (χ2n) is 6.97.